The van der Waals surface area contributed by atoms with Gasteiger partial charge in [0.05, 0.1) is 18.1 Å². The molecule has 0 aliphatic rings. The molecule has 2 rings (SSSR count). The van der Waals surface area contributed by atoms with Crippen LogP contribution in [0, 0.1) is 10.1 Å². The van der Waals surface area contributed by atoms with Gasteiger partial charge < -0.3 is 14.6 Å². The summed E-state index contributed by atoms with van der Waals surface area (Å²) in [5.74, 6) is -0.580. The van der Waals surface area contributed by atoms with E-state index in [9.17, 15) is 20.0 Å². The van der Waals surface area contributed by atoms with Gasteiger partial charge in [0.15, 0.2) is 5.78 Å². The summed E-state index contributed by atoms with van der Waals surface area (Å²) in [6.07, 6.45) is 2.71. The predicted octanol–water partition coefficient (Wildman–Crippen LogP) is 3.36. The number of methoxy groups -OCH3 is 1. The van der Waals surface area contributed by atoms with Crippen LogP contribution in [-0.4, -0.2) is 23.9 Å². The first-order valence-corrected chi connectivity index (χ1v) is 7.84. The first-order valence-electron chi connectivity index (χ1n) is 7.84. The molecule has 0 bridgehead atoms. The van der Waals surface area contributed by atoms with E-state index >= 15 is 0 Å². The Morgan fingerprint density at radius 3 is 2.38 bits per heavy atom. The number of benzene rings is 2. The number of ether oxygens (including phenoxy) is 2. The Labute approximate surface area is 150 Å². The van der Waals surface area contributed by atoms with Gasteiger partial charge in [0.2, 0.25) is 0 Å². The molecule has 26 heavy (non-hydrogen) atoms. The van der Waals surface area contributed by atoms with Crippen LogP contribution in [-0.2, 0) is 0 Å². The van der Waals surface area contributed by atoms with Crippen LogP contribution < -0.4 is 14.6 Å². The number of nitrogens with zero attached hydrogens (tertiary/aromatic N) is 1. The Balaban J connectivity index is 2.22. The summed E-state index contributed by atoms with van der Waals surface area (Å²) in [7, 11) is 1.25. The van der Waals surface area contributed by atoms with Gasteiger partial charge in [-0.1, -0.05) is 6.08 Å². The minimum absolute atomic E-state index is 0.0335. The molecule has 7 heteroatoms. The average Bonchev–Trinajstić information content (AvgIpc) is 2.60. The average molecular weight is 356 g/mol. The Morgan fingerprint density at radius 2 is 1.85 bits per heavy atom. The number of carbonyl (C=O) groups excluding carboxylic acids is 1. The molecular weight excluding hydrogens is 338 g/mol. The van der Waals surface area contributed by atoms with E-state index in [4.69, 9.17) is 9.47 Å². The molecule has 0 saturated carbocycles. The molecule has 0 spiro atoms. The van der Waals surface area contributed by atoms with Crippen molar-refractivity contribution in [3.63, 3.8) is 0 Å². The van der Waals surface area contributed by atoms with E-state index in [1.54, 1.807) is 24.3 Å². The third kappa shape index (κ3) is 4.60. The third-order valence-electron chi connectivity index (χ3n) is 3.41. The SMILES string of the molecule is COc1cc(/C=C/C(=O)c2ccc(OC(C)C)cc2)cc([N+](=O)[O-])c1[O-]. The summed E-state index contributed by atoms with van der Waals surface area (Å²) in [6.45, 7) is 3.81. The van der Waals surface area contributed by atoms with Crippen LogP contribution in [0.25, 0.3) is 6.08 Å². The van der Waals surface area contributed by atoms with E-state index < -0.39 is 16.4 Å². The van der Waals surface area contributed by atoms with Crippen LogP contribution in [0.1, 0.15) is 29.8 Å². The molecule has 7 nitrogen and oxygen atoms in total. The number of hydrogen-bond acceptors (Lipinski definition) is 6. The number of ketones is 1. The van der Waals surface area contributed by atoms with Gasteiger partial charge in [-0.2, -0.15) is 0 Å². The molecule has 2 aromatic carbocycles. The molecule has 2 aromatic rings. The monoisotopic (exact) mass is 356 g/mol. The molecule has 0 aliphatic heterocycles. The fraction of sp³-hybridized carbons (Fsp3) is 0.211. The highest BCUT2D eigenvalue weighted by molar-refractivity contribution is 6.06. The number of allylic oxidation sites excluding steroid dienone is 1. The quantitative estimate of drug-likeness (QED) is 0.326. The second-order valence-corrected chi connectivity index (χ2v) is 5.72. The third-order valence-corrected chi connectivity index (χ3v) is 3.41. The first kappa shape index (κ1) is 19.0. The highest BCUT2D eigenvalue weighted by Gasteiger charge is 2.12. The van der Waals surface area contributed by atoms with Gasteiger partial charge in [-0.25, -0.2) is 0 Å². The zero-order valence-electron chi connectivity index (χ0n) is 14.6. The fourth-order valence-corrected chi connectivity index (χ4v) is 2.23. The van der Waals surface area contributed by atoms with Crippen LogP contribution in [0.2, 0.25) is 0 Å². The molecule has 0 amide bonds. The lowest BCUT2D eigenvalue weighted by atomic mass is 10.1. The minimum Gasteiger partial charge on any atom is -0.865 e. The summed E-state index contributed by atoms with van der Waals surface area (Å²) in [4.78, 5) is 22.4. The van der Waals surface area contributed by atoms with Crippen LogP contribution in [0.15, 0.2) is 42.5 Å². The van der Waals surface area contributed by atoms with Crippen molar-refractivity contribution in [3.8, 4) is 17.2 Å². The molecule has 0 heterocycles. The summed E-state index contributed by atoms with van der Waals surface area (Å²) in [6, 6.07) is 9.11. The van der Waals surface area contributed by atoms with Crippen molar-refractivity contribution >= 4 is 17.5 Å². The topological polar surface area (TPSA) is 102 Å². The van der Waals surface area contributed by atoms with Crippen LogP contribution in [0.4, 0.5) is 5.69 Å². The summed E-state index contributed by atoms with van der Waals surface area (Å²) < 4.78 is 10.4. The fourth-order valence-electron chi connectivity index (χ4n) is 2.23. The van der Waals surface area contributed by atoms with Crippen molar-refractivity contribution in [2.24, 2.45) is 0 Å². The lowest BCUT2D eigenvalue weighted by Gasteiger charge is -2.13. The molecule has 0 fully saturated rings. The number of rotatable bonds is 7. The molecule has 0 aromatic heterocycles. The highest BCUT2D eigenvalue weighted by atomic mass is 16.6. The van der Waals surface area contributed by atoms with E-state index in [0.717, 1.165) is 6.07 Å². The van der Waals surface area contributed by atoms with Gasteiger partial charge >= 0.3 is 0 Å². The maximum atomic E-state index is 12.2. The zero-order chi connectivity index (χ0) is 19.3. The van der Waals surface area contributed by atoms with Crippen LogP contribution in [0.3, 0.4) is 0 Å². The standard InChI is InChI=1S/C19H19NO6/c1-12(2)26-15-7-5-14(6-8-15)17(21)9-4-13-10-16(20(23)24)19(22)18(11-13)25-3/h4-12,22H,1-3H3/p-1/b9-4+. The molecule has 0 radical (unpaired) electrons. The van der Waals surface area contributed by atoms with E-state index in [2.05, 4.69) is 0 Å². The molecule has 0 unspecified atom stereocenters. The Morgan fingerprint density at radius 1 is 1.19 bits per heavy atom. The Bertz CT molecular complexity index is 840. The smallest absolute Gasteiger partial charge is 0.266 e. The number of nitro benzene ring substituents is 1. The van der Waals surface area contributed by atoms with Crippen molar-refractivity contribution in [2.45, 2.75) is 20.0 Å². The first-order chi connectivity index (χ1) is 12.3. The minimum atomic E-state index is -0.804. The maximum Gasteiger partial charge on any atom is 0.266 e. The number of nitro groups is 1. The molecule has 0 atom stereocenters. The van der Waals surface area contributed by atoms with Crippen molar-refractivity contribution in [1.29, 1.82) is 0 Å². The van der Waals surface area contributed by atoms with E-state index in [1.807, 2.05) is 13.8 Å². The van der Waals surface area contributed by atoms with Gasteiger partial charge in [-0.15, -0.1) is 0 Å². The summed E-state index contributed by atoms with van der Waals surface area (Å²) in [5.41, 5.74) is 0.159. The predicted molar refractivity (Wildman–Crippen MR) is 94.7 cm³/mol. The lowest BCUT2D eigenvalue weighted by Crippen LogP contribution is -2.05. The van der Waals surface area contributed by atoms with E-state index in [-0.39, 0.29) is 17.6 Å². The second kappa shape index (κ2) is 8.15. The number of hydrogen-bond donors (Lipinski definition) is 0. The lowest BCUT2D eigenvalue weighted by molar-refractivity contribution is -0.398. The van der Waals surface area contributed by atoms with Crippen molar-refractivity contribution < 1.29 is 24.3 Å². The van der Waals surface area contributed by atoms with Crippen LogP contribution in [0.5, 0.6) is 17.2 Å². The van der Waals surface area contributed by atoms with E-state index in [1.165, 1.54) is 25.3 Å². The molecule has 136 valence electrons. The molecular formula is C19H18NO6-. The normalized spacial score (nSPS) is 10.9. The Hall–Kier alpha value is -3.35. The van der Waals surface area contributed by atoms with Crippen molar-refractivity contribution in [3.05, 3.63) is 63.7 Å². The highest BCUT2D eigenvalue weighted by Crippen LogP contribution is 2.34. The van der Waals surface area contributed by atoms with Crippen molar-refractivity contribution in [2.75, 3.05) is 7.11 Å². The van der Waals surface area contributed by atoms with E-state index in [0.29, 0.717) is 16.9 Å². The maximum absolute atomic E-state index is 12.2. The number of carbonyl (C=O) groups is 1. The van der Waals surface area contributed by atoms with Gasteiger partial charge in [0.1, 0.15) is 11.5 Å². The molecule has 0 saturated heterocycles. The second-order valence-electron chi connectivity index (χ2n) is 5.72. The van der Waals surface area contributed by atoms with Crippen molar-refractivity contribution in [1.82, 2.24) is 0 Å². The van der Waals surface area contributed by atoms with Gasteiger partial charge in [-0.3, -0.25) is 14.9 Å². The zero-order valence-corrected chi connectivity index (χ0v) is 14.6. The summed E-state index contributed by atoms with van der Waals surface area (Å²) >= 11 is 0. The Kier molecular flexibility index (Phi) is 5.95. The molecule has 0 aliphatic carbocycles. The van der Waals surface area contributed by atoms with Gasteiger partial charge in [0, 0.05) is 17.4 Å². The summed E-state index contributed by atoms with van der Waals surface area (Å²) in [5, 5.41) is 22.7. The molecule has 0 N–H and O–H groups in total. The van der Waals surface area contributed by atoms with Gasteiger partial charge in [0.25, 0.3) is 5.69 Å². The largest absolute Gasteiger partial charge is 0.865 e. The van der Waals surface area contributed by atoms with Crippen LogP contribution >= 0.6 is 0 Å². The van der Waals surface area contributed by atoms with Gasteiger partial charge in [-0.05, 0) is 55.8 Å².